The second-order valence-corrected chi connectivity index (χ2v) is 8.89. The highest BCUT2D eigenvalue weighted by atomic mass is 16.3. The number of aliphatic hydroxyl groups is 1. The van der Waals surface area contributed by atoms with Crippen LogP contribution < -0.4 is 5.32 Å². The number of nitrogens with zero attached hydrogens (tertiary/aromatic N) is 1. The molecule has 3 aliphatic rings. The van der Waals surface area contributed by atoms with Crippen LogP contribution >= 0.6 is 0 Å². The number of rotatable bonds is 5. The summed E-state index contributed by atoms with van der Waals surface area (Å²) >= 11 is 0. The van der Waals surface area contributed by atoms with Crippen LogP contribution in [0.25, 0.3) is 0 Å². The van der Waals surface area contributed by atoms with Crippen LogP contribution in [0.1, 0.15) is 75.8 Å². The summed E-state index contributed by atoms with van der Waals surface area (Å²) < 4.78 is 0. The van der Waals surface area contributed by atoms with Gasteiger partial charge < -0.3 is 10.4 Å². The third kappa shape index (κ3) is 3.93. The quantitative estimate of drug-likeness (QED) is 0.829. The molecule has 1 aromatic carbocycles. The fourth-order valence-electron chi connectivity index (χ4n) is 5.46. The van der Waals surface area contributed by atoms with Gasteiger partial charge in [0, 0.05) is 0 Å². The van der Waals surface area contributed by atoms with Crippen molar-refractivity contribution in [3.63, 3.8) is 0 Å². The highest BCUT2D eigenvalue weighted by Crippen LogP contribution is 2.40. The van der Waals surface area contributed by atoms with Gasteiger partial charge in [-0.2, -0.15) is 0 Å². The Balaban J connectivity index is 1.56. The molecule has 1 amide bonds. The molecule has 2 N–H and O–H groups in total. The van der Waals surface area contributed by atoms with E-state index in [1.807, 2.05) is 18.2 Å². The molecule has 1 heterocycles. The summed E-state index contributed by atoms with van der Waals surface area (Å²) in [5.74, 6) is 0.577. The number of carbonyl (C=O) groups excluding carboxylic acids is 1. The van der Waals surface area contributed by atoms with Gasteiger partial charge in [0.2, 0.25) is 5.91 Å². The van der Waals surface area contributed by atoms with E-state index in [4.69, 9.17) is 0 Å². The van der Waals surface area contributed by atoms with Crippen molar-refractivity contribution in [2.45, 2.75) is 81.9 Å². The Kier molecular flexibility index (Phi) is 5.84. The number of likely N-dealkylation sites (tertiary alicyclic amines) is 1. The minimum atomic E-state index is -0.311. The van der Waals surface area contributed by atoms with Crippen LogP contribution in [-0.2, 0) is 4.79 Å². The average Bonchev–Trinajstić information content (AvgIpc) is 2.71. The molecule has 1 saturated heterocycles. The number of benzene rings is 1. The molecular weight excluding hydrogens is 336 g/mol. The fraction of sp³-hybridized carbons (Fsp3) is 0.696. The minimum absolute atomic E-state index is 0.0192. The lowest BCUT2D eigenvalue weighted by molar-refractivity contribution is -0.139. The molecule has 0 unspecified atom stereocenters. The maximum absolute atomic E-state index is 13.7. The molecule has 0 aromatic heterocycles. The van der Waals surface area contributed by atoms with Crippen molar-refractivity contribution in [3.05, 3.63) is 35.9 Å². The summed E-state index contributed by atoms with van der Waals surface area (Å²) in [7, 11) is 0. The monoisotopic (exact) mass is 370 g/mol. The van der Waals surface area contributed by atoms with Gasteiger partial charge in [-0.15, -0.1) is 0 Å². The molecule has 4 rings (SSSR count). The first-order valence-electron chi connectivity index (χ1n) is 11.0. The van der Waals surface area contributed by atoms with E-state index in [0.717, 1.165) is 51.6 Å². The summed E-state index contributed by atoms with van der Waals surface area (Å²) in [6.45, 7) is 2.12. The minimum Gasteiger partial charge on any atom is -0.393 e. The number of aliphatic hydroxyl groups excluding tert-OH is 1. The van der Waals surface area contributed by atoms with Crippen molar-refractivity contribution in [2.24, 2.45) is 5.92 Å². The fourth-order valence-corrected chi connectivity index (χ4v) is 5.46. The molecule has 0 bridgehead atoms. The number of nitrogens with one attached hydrogen (secondary N) is 1. The molecule has 148 valence electrons. The molecule has 27 heavy (non-hydrogen) atoms. The lowest BCUT2D eigenvalue weighted by atomic mass is 9.73. The summed E-state index contributed by atoms with van der Waals surface area (Å²) in [5.41, 5.74) is 0.862. The van der Waals surface area contributed by atoms with E-state index < -0.39 is 0 Å². The molecule has 2 aliphatic carbocycles. The first-order chi connectivity index (χ1) is 13.2. The van der Waals surface area contributed by atoms with Crippen LogP contribution in [0.4, 0.5) is 0 Å². The zero-order chi connectivity index (χ0) is 18.7. The lowest BCUT2D eigenvalue weighted by Gasteiger charge is -2.48. The van der Waals surface area contributed by atoms with Gasteiger partial charge >= 0.3 is 0 Å². The maximum Gasteiger partial charge on any atom is 0.241 e. The van der Waals surface area contributed by atoms with Gasteiger partial charge in [0.1, 0.15) is 5.54 Å². The Bertz CT molecular complexity index is 615. The Labute approximate surface area is 163 Å². The molecule has 1 aliphatic heterocycles. The second kappa shape index (κ2) is 8.32. The normalized spacial score (nSPS) is 29.5. The van der Waals surface area contributed by atoms with Gasteiger partial charge in [-0.25, -0.2) is 0 Å². The molecule has 4 heteroatoms. The largest absolute Gasteiger partial charge is 0.393 e. The molecule has 0 radical (unpaired) electrons. The van der Waals surface area contributed by atoms with Crippen LogP contribution in [0, 0.1) is 5.92 Å². The number of piperidine rings is 1. The van der Waals surface area contributed by atoms with Crippen molar-refractivity contribution in [2.75, 3.05) is 13.1 Å². The molecule has 2 saturated carbocycles. The van der Waals surface area contributed by atoms with Crippen molar-refractivity contribution < 1.29 is 9.90 Å². The molecule has 3 fully saturated rings. The van der Waals surface area contributed by atoms with Gasteiger partial charge in [-0.1, -0.05) is 56.0 Å². The van der Waals surface area contributed by atoms with E-state index in [1.165, 1.54) is 31.2 Å². The van der Waals surface area contributed by atoms with E-state index in [0.29, 0.717) is 5.92 Å². The van der Waals surface area contributed by atoms with Gasteiger partial charge in [0.05, 0.1) is 12.1 Å². The number of hydrogen-bond acceptors (Lipinski definition) is 3. The van der Waals surface area contributed by atoms with Gasteiger partial charge in [0.15, 0.2) is 0 Å². The van der Waals surface area contributed by atoms with E-state index in [9.17, 15) is 9.90 Å². The Morgan fingerprint density at radius 2 is 1.63 bits per heavy atom. The van der Waals surface area contributed by atoms with Crippen molar-refractivity contribution in [1.29, 1.82) is 0 Å². The topological polar surface area (TPSA) is 52.6 Å². The predicted octanol–water partition coefficient (Wildman–Crippen LogP) is 3.80. The molecular formula is C23H34N2O2. The summed E-state index contributed by atoms with van der Waals surface area (Å²) in [4.78, 5) is 16.2. The zero-order valence-electron chi connectivity index (χ0n) is 16.4. The van der Waals surface area contributed by atoms with Crippen molar-refractivity contribution in [1.82, 2.24) is 10.2 Å². The SMILES string of the molecule is O=C(N[C@@H](c1ccccc1)C1CC(O)C1)C1(N2CCCCC2)CCCCC1. The highest BCUT2D eigenvalue weighted by molar-refractivity contribution is 5.87. The zero-order valence-corrected chi connectivity index (χ0v) is 16.4. The van der Waals surface area contributed by atoms with E-state index in [1.54, 1.807) is 0 Å². The lowest BCUT2D eigenvalue weighted by Crippen LogP contribution is -2.62. The second-order valence-electron chi connectivity index (χ2n) is 8.89. The number of carbonyl (C=O) groups is 1. The van der Waals surface area contributed by atoms with Gasteiger partial charge in [-0.3, -0.25) is 9.69 Å². The number of amides is 1. The van der Waals surface area contributed by atoms with Crippen molar-refractivity contribution in [3.8, 4) is 0 Å². The van der Waals surface area contributed by atoms with Gasteiger partial charge in [-0.05, 0) is 63.1 Å². The average molecular weight is 371 g/mol. The third-order valence-electron chi connectivity index (χ3n) is 7.13. The molecule has 4 nitrogen and oxygen atoms in total. The van der Waals surface area contributed by atoms with Crippen LogP contribution in [0.3, 0.4) is 0 Å². The summed E-state index contributed by atoms with van der Waals surface area (Å²) in [6.07, 6.45) is 10.6. The third-order valence-corrected chi connectivity index (χ3v) is 7.13. The van der Waals surface area contributed by atoms with Crippen molar-refractivity contribution >= 4 is 5.91 Å². The van der Waals surface area contributed by atoms with Crippen LogP contribution in [0.2, 0.25) is 0 Å². The Morgan fingerprint density at radius 1 is 1.00 bits per heavy atom. The molecule has 0 spiro atoms. The maximum atomic E-state index is 13.7. The standard InChI is InChI=1S/C23H34N2O2/c26-20-16-19(17-20)21(18-10-4-1-5-11-18)24-22(27)23(12-6-2-7-13-23)25-14-8-3-9-15-25/h1,4-5,10-11,19-21,26H,2-3,6-9,12-17H2,(H,24,27)/t19?,20?,21-/m0/s1. The number of hydrogen-bond donors (Lipinski definition) is 2. The Hall–Kier alpha value is -1.39. The van der Waals surface area contributed by atoms with Gasteiger partial charge in [0.25, 0.3) is 0 Å². The van der Waals surface area contributed by atoms with Crippen LogP contribution in [-0.4, -0.2) is 40.6 Å². The van der Waals surface area contributed by atoms with Crippen LogP contribution in [0.15, 0.2) is 30.3 Å². The first-order valence-corrected chi connectivity index (χ1v) is 11.0. The summed E-state index contributed by atoms with van der Waals surface area (Å²) in [5, 5.41) is 13.3. The smallest absolute Gasteiger partial charge is 0.241 e. The highest BCUT2D eigenvalue weighted by Gasteiger charge is 2.46. The first kappa shape index (κ1) is 18.9. The predicted molar refractivity (Wildman–Crippen MR) is 107 cm³/mol. The van der Waals surface area contributed by atoms with Crippen LogP contribution in [0.5, 0.6) is 0 Å². The van der Waals surface area contributed by atoms with E-state index in [2.05, 4.69) is 22.3 Å². The molecule has 1 aromatic rings. The molecule has 1 atom stereocenters. The summed E-state index contributed by atoms with van der Waals surface area (Å²) in [6, 6.07) is 10.4. The van der Waals surface area contributed by atoms with E-state index in [-0.39, 0.29) is 23.6 Å². The Morgan fingerprint density at radius 3 is 2.26 bits per heavy atom. The van der Waals surface area contributed by atoms with E-state index >= 15 is 0 Å².